The highest BCUT2D eigenvalue weighted by Gasteiger charge is 2.09. The molecule has 2 heterocycles. The smallest absolute Gasteiger partial charge is 0.132 e. The number of rotatable bonds is 3. The van der Waals surface area contributed by atoms with Crippen LogP contribution < -0.4 is 5.32 Å². The standard InChI is InChI=1S/C13H13N5/c1-3-16-13-9(2)12(17-8-18-13)11-4-10(5-14)6-15-7-11/h4,6-8H,3H2,1-2H3,(H,16,17,18). The molecule has 5 heteroatoms. The average molecular weight is 239 g/mol. The van der Waals surface area contributed by atoms with Crippen molar-refractivity contribution in [2.45, 2.75) is 13.8 Å². The first-order valence-electron chi connectivity index (χ1n) is 5.67. The summed E-state index contributed by atoms with van der Waals surface area (Å²) in [5.41, 5.74) is 3.10. The summed E-state index contributed by atoms with van der Waals surface area (Å²) in [6.45, 7) is 4.76. The average Bonchev–Trinajstić information content (AvgIpc) is 2.41. The van der Waals surface area contributed by atoms with Gasteiger partial charge in [-0.15, -0.1) is 0 Å². The molecule has 0 unspecified atom stereocenters. The Kier molecular flexibility index (Phi) is 3.49. The summed E-state index contributed by atoms with van der Waals surface area (Å²) >= 11 is 0. The molecule has 90 valence electrons. The number of hydrogen-bond donors (Lipinski definition) is 1. The highest BCUT2D eigenvalue weighted by atomic mass is 15.0. The summed E-state index contributed by atoms with van der Waals surface area (Å²) in [7, 11) is 0. The van der Waals surface area contributed by atoms with Gasteiger partial charge < -0.3 is 5.32 Å². The molecular weight excluding hydrogens is 226 g/mol. The zero-order valence-corrected chi connectivity index (χ0v) is 10.3. The minimum Gasteiger partial charge on any atom is -0.370 e. The van der Waals surface area contributed by atoms with Crippen LogP contribution in [0, 0.1) is 18.3 Å². The lowest BCUT2D eigenvalue weighted by molar-refractivity contribution is 1.08. The monoisotopic (exact) mass is 239 g/mol. The van der Waals surface area contributed by atoms with Gasteiger partial charge in [-0.3, -0.25) is 4.98 Å². The summed E-state index contributed by atoms with van der Waals surface area (Å²) in [6, 6.07) is 3.85. The normalized spacial score (nSPS) is 9.83. The summed E-state index contributed by atoms with van der Waals surface area (Å²) in [5.74, 6) is 0.810. The Bertz CT molecular complexity index is 601. The van der Waals surface area contributed by atoms with Gasteiger partial charge in [0.05, 0.1) is 11.3 Å². The van der Waals surface area contributed by atoms with Crippen molar-refractivity contribution in [2.24, 2.45) is 0 Å². The third-order valence-corrected chi connectivity index (χ3v) is 2.57. The van der Waals surface area contributed by atoms with Crippen LogP contribution in [-0.2, 0) is 0 Å². The molecule has 0 bridgehead atoms. The lowest BCUT2D eigenvalue weighted by Gasteiger charge is -2.09. The number of anilines is 1. The maximum Gasteiger partial charge on any atom is 0.132 e. The molecule has 0 radical (unpaired) electrons. The SMILES string of the molecule is CCNc1ncnc(-c2cncc(C#N)c2)c1C. The molecule has 2 aromatic heterocycles. The van der Waals surface area contributed by atoms with E-state index in [2.05, 4.69) is 26.3 Å². The highest BCUT2D eigenvalue weighted by molar-refractivity contribution is 5.68. The number of hydrogen-bond acceptors (Lipinski definition) is 5. The molecule has 0 amide bonds. The molecule has 0 aliphatic carbocycles. The van der Waals surface area contributed by atoms with E-state index in [0.29, 0.717) is 5.56 Å². The van der Waals surface area contributed by atoms with E-state index in [-0.39, 0.29) is 0 Å². The van der Waals surface area contributed by atoms with Gasteiger partial charge in [-0.25, -0.2) is 9.97 Å². The molecule has 0 saturated heterocycles. The first kappa shape index (κ1) is 12.0. The molecular formula is C13H13N5. The number of pyridine rings is 1. The van der Waals surface area contributed by atoms with Crippen molar-refractivity contribution in [1.82, 2.24) is 15.0 Å². The summed E-state index contributed by atoms with van der Waals surface area (Å²) < 4.78 is 0. The molecule has 0 aliphatic rings. The Labute approximate surface area is 106 Å². The molecule has 18 heavy (non-hydrogen) atoms. The Morgan fingerprint density at radius 1 is 1.33 bits per heavy atom. The lowest BCUT2D eigenvalue weighted by Crippen LogP contribution is -2.03. The largest absolute Gasteiger partial charge is 0.370 e. The maximum absolute atomic E-state index is 8.88. The van der Waals surface area contributed by atoms with E-state index in [0.717, 1.165) is 29.2 Å². The molecule has 0 fully saturated rings. The Morgan fingerprint density at radius 2 is 2.17 bits per heavy atom. The van der Waals surface area contributed by atoms with E-state index < -0.39 is 0 Å². The van der Waals surface area contributed by atoms with E-state index in [1.54, 1.807) is 12.3 Å². The van der Waals surface area contributed by atoms with Crippen LogP contribution in [0.2, 0.25) is 0 Å². The zero-order valence-electron chi connectivity index (χ0n) is 10.3. The summed E-state index contributed by atoms with van der Waals surface area (Å²) in [4.78, 5) is 12.5. The predicted octanol–water partition coefficient (Wildman–Crippen LogP) is 2.15. The van der Waals surface area contributed by atoms with Gasteiger partial charge in [0.15, 0.2) is 0 Å². The first-order valence-corrected chi connectivity index (χ1v) is 5.67. The minimum atomic E-state index is 0.524. The van der Waals surface area contributed by atoms with Crippen LogP contribution in [0.4, 0.5) is 5.82 Å². The van der Waals surface area contributed by atoms with Crippen LogP contribution >= 0.6 is 0 Å². The molecule has 1 N–H and O–H groups in total. The Balaban J connectivity index is 2.50. The molecule has 0 aromatic carbocycles. The second-order valence-electron chi connectivity index (χ2n) is 3.80. The molecule has 2 rings (SSSR count). The predicted molar refractivity (Wildman–Crippen MR) is 68.9 cm³/mol. The van der Waals surface area contributed by atoms with E-state index >= 15 is 0 Å². The van der Waals surface area contributed by atoms with Gasteiger partial charge in [0.2, 0.25) is 0 Å². The van der Waals surface area contributed by atoms with Crippen LogP contribution in [0.15, 0.2) is 24.8 Å². The van der Waals surface area contributed by atoms with Gasteiger partial charge in [-0.05, 0) is 19.9 Å². The van der Waals surface area contributed by atoms with Gasteiger partial charge in [-0.1, -0.05) is 0 Å². The van der Waals surface area contributed by atoms with Gasteiger partial charge in [0.1, 0.15) is 18.2 Å². The molecule has 0 atom stereocenters. The van der Waals surface area contributed by atoms with Crippen molar-refractivity contribution in [3.63, 3.8) is 0 Å². The second kappa shape index (κ2) is 5.23. The quantitative estimate of drug-likeness (QED) is 0.888. The molecule has 0 spiro atoms. The van der Waals surface area contributed by atoms with Gasteiger partial charge in [0, 0.05) is 30.1 Å². The third kappa shape index (κ3) is 2.28. The van der Waals surface area contributed by atoms with Crippen LogP contribution in [-0.4, -0.2) is 21.5 Å². The second-order valence-corrected chi connectivity index (χ2v) is 3.80. The van der Waals surface area contributed by atoms with E-state index in [9.17, 15) is 0 Å². The fourth-order valence-corrected chi connectivity index (χ4v) is 1.72. The Hall–Kier alpha value is -2.48. The van der Waals surface area contributed by atoms with Crippen molar-refractivity contribution < 1.29 is 0 Å². The lowest BCUT2D eigenvalue weighted by atomic mass is 10.1. The van der Waals surface area contributed by atoms with Gasteiger partial charge in [-0.2, -0.15) is 5.26 Å². The number of nitrogens with one attached hydrogen (secondary N) is 1. The van der Waals surface area contributed by atoms with Gasteiger partial charge in [0.25, 0.3) is 0 Å². The van der Waals surface area contributed by atoms with Crippen LogP contribution in [0.25, 0.3) is 11.3 Å². The topological polar surface area (TPSA) is 74.5 Å². The van der Waals surface area contributed by atoms with Gasteiger partial charge >= 0.3 is 0 Å². The fourth-order valence-electron chi connectivity index (χ4n) is 1.72. The Morgan fingerprint density at radius 3 is 2.89 bits per heavy atom. The van der Waals surface area contributed by atoms with Crippen LogP contribution in [0.5, 0.6) is 0 Å². The van der Waals surface area contributed by atoms with E-state index in [4.69, 9.17) is 5.26 Å². The van der Waals surface area contributed by atoms with Crippen molar-refractivity contribution in [2.75, 3.05) is 11.9 Å². The summed E-state index contributed by atoms with van der Waals surface area (Å²) in [5, 5.41) is 12.1. The maximum atomic E-state index is 8.88. The first-order chi connectivity index (χ1) is 8.76. The van der Waals surface area contributed by atoms with Crippen molar-refractivity contribution >= 4 is 5.82 Å². The van der Waals surface area contributed by atoms with Crippen LogP contribution in [0.3, 0.4) is 0 Å². The summed E-state index contributed by atoms with van der Waals surface area (Å²) in [6.07, 6.45) is 4.75. The molecule has 2 aromatic rings. The fraction of sp³-hybridized carbons (Fsp3) is 0.231. The number of nitrogens with zero attached hydrogens (tertiary/aromatic N) is 4. The van der Waals surface area contributed by atoms with E-state index in [1.807, 2.05) is 13.8 Å². The third-order valence-electron chi connectivity index (χ3n) is 2.57. The van der Waals surface area contributed by atoms with Crippen molar-refractivity contribution in [1.29, 1.82) is 5.26 Å². The van der Waals surface area contributed by atoms with Crippen molar-refractivity contribution in [3.05, 3.63) is 35.9 Å². The number of aromatic nitrogens is 3. The van der Waals surface area contributed by atoms with Crippen molar-refractivity contribution in [3.8, 4) is 17.3 Å². The molecule has 0 saturated carbocycles. The number of nitriles is 1. The minimum absolute atomic E-state index is 0.524. The van der Waals surface area contributed by atoms with Crippen LogP contribution in [0.1, 0.15) is 18.1 Å². The highest BCUT2D eigenvalue weighted by Crippen LogP contribution is 2.24. The molecule has 5 nitrogen and oxygen atoms in total. The van der Waals surface area contributed by atoms with E-state index in [1.165, 1.54) is 12.5 Å². The zero-order chi connectivity index (χ0) is 13.0. The molecule has 0 aliphatic heterocycles.